The van der Waals surface area contributed by atoms with Crippen molar-refractivity contribution >= 4 is 44.9 Å². The van der Waals surface area contributed by atoms with Gasteiger partial charge < -0.3 is 20.3 Å². The zero-order chi connectivity index (χ0) is 33.9. The number of carbonyl (C=O) groups is 2. The molecule has 1 saturated heterocycles. The lowest BCUT2D eigenvalue weighted by Gasteiger charge is -2.41. The largest absolute Gasteiger partial charge is 0.385 e. The van der Waals surface area contributed by atoms with Crippen LogP contribution in [-0.2, 0) is 42.0 Å². The van der Waals surface area contributed by atoms with Crippen molar-refractivity contribution < 1.29 is 37.0 Å². The first-order valence-corrected chi connectivity index (χ1v) is 17.9. The normalized spacial score (nSPS) is 22.2. The molecule has 6 rings (SSSR count). The van der Waals surface area contributed by atoms with Crippen LogP contribution in [0.4, 0.5) is 4.39 Å². The molecule has 1 aliphatic carbocycles. The smallest absolute Gasteiger partial charge is 0.257 e. The standard InChI is InChI=1S/C34H35Cl2FN2O7S/c1-32(42,21-9-13-45-14-10-21)23-15-26-29(27(37)16-23)34(22-4-7-24(35)8-5-22,46-19-33(11-12-33)31(38)41)39(30(26)40)18-20-3-6-25(36)17-28(20)47(2,43)44/h3-8,15-17,21,42H,9-14,18-19H2,1-2H3,(H2,38,41)/t32-,34+/m0/s1. The number of fused-ring (bicyclic) bond motifs is 1. The van der Waals surface area contributed by atoms with E-state index in [0.717, 1.165) is 6.26 Å². The van der Waals surface area contributed by atoms with Gasteiger partial charge in [0.15, 0.2) is 15.6 Å². The molecule has 9 nitrogen and oxygen atoms in total. The van der Waals surface area contributed by atoms with Crippen molar-refractivity contribution in [3.8, 4) is 0 Å². The van der Waals surface area contributed by atoms with Gasteiger partial charge in [0, 0.05) is 35.1 Å². The Kier molecular flexibility index (Phi) is 8.72. The number of nitrogens with zero attached hydrogens (tertiary/aromatic N) is 1. The Balaban J connectivity index is 1.58. The predicted octanol–water partition coefficient (Wildman–Crippen LogP) is 5.31. The number of benzene rings is 3. The molecule has 2 atom stereocenters. The Labute approximate surface area is 282 Å². The zero-order valence-electron chi connectivity index (χ0n) is 25.9. The van der Waals surface area contributed by atoms with E-state index >= 15 is 4.39 Å². The molecule has 0 unspecified atom stereocenters. The monoisotopic (exact) mass is 704 g/mol. The fourth-order valence-corrected chi connectivity index (χ4v) is 8.07. The van der Waals surface area contributed by atoms with Gasteiger partial charge in [-0.05, 0) is 86.1 Å². The maximum Gasteiger partial charge on any atom is 0.257 e. The molecular formula is C34H35Cl2FN2O7S. The second kappa shape index (κ2) is 12.1. The number of aliphatic hydroxyl groups is 1. The Morgan fingerprint density at radius 3 is 2.34 bits per heavy atom. The quantitative estimate of drug-likeness (QED) is 0.292. The molecule has 3 aromatic rings. The molecule has 3 N–H and O–H groups in total. The summed E-state index contributed by atoms with van der Waals surface area (Å²) in [5.74, 6) is -2.33. The van der Waals surface area contributed by atoms with Crippen LogP contribution in [0, 0.1) is 17.2 Å². The number of hydrogen-bond donors (Lipinski definition) is 2. The third kappa shape index (κ3) is 5.95. The van der Waals surface area contributed by atoms with Crippen molar-refractivity contribution in [2.24, 2.45) is 17.1 Å². The molecule has 2 aliphatic heterocycles. The highest BCUT2D eigenvalue weighted by Crippen LogP contribution is 2.53. The first-order chi connectivity index (χ1) is 22.1. The molecular weight excluding hydrogens is 670 g/mol. The molecule has 2 heterocycles. The lowest BCUT2D eigenvalue weighted by Crippen LogP contribution is -2.48. The van der Waals surface area contributed by atoms with E-state index in [1.807, 2.05) is 0 Å². The number of hydrogen-bond acceptors (Lipinski definition) is 7. The Hall–Kier alpha value is -3.06. The summed E-state index contributed by atoms with van der Waals surface area (Å²) in [5, 5.41) is 12.3. The van der Waals surface area contributed by atoms with Gasteiger partial charge in [-0.1, -0.05) is 41.4 Å². The van der Waals surface area contributed by atoms with E-state index in [2.05, 4.69) is 0 Å². The number of halogens is 3. The van der Waals surface area contributed by atoms with Crippen LogP contribution in [0.15, 0.2) is 59.5 Å². The Morgan fingerprint density at radius 1 is 1.11 bits per heavy atom. The van der Waals surface area contributed by atoms with Crippen molar-refractivity contribution in [2.45, 2.75) is 55.4 Å². The Bertz CT molecular complexity index is 1860. The summed E-state index contributed by atoms with van der Waals surface area (Å²) < 4.78 is 54.8. The number of nitrogens with two attached hydrogens (primary N) is 1. The fourth-order valence-electron chi connectivity index (χ4n) is 6.75. The highest BCUT2D eigenvalue weighted by molar-refractivity contribution is 7.90. The van der Waals surface area contributed by atoms with Crippen LogP contribution in [0.25, 0.3) is 0 Å². The van der Waals surface area contributed by atoms with E-state index in [9.17, 15) is 23.1 Å². The van der Waals surface area contributed by atoms with Crippen LogP contribution in [0.5, 0.6) is 0 Å². The van der Waals surface area contributed by atoms with Gasteiger partial charge in [-0.2, -0.15) is 0 Å². The van der Waals surface area contributed by atoms with Gasteiger partial charge in [0.25, 0.3) is 5.91 Å². The third-order valence-electron chi connectivity index (χ3n) is 9.81. The molecule has 1 saturated carbocycles. The van der Waals surface area contributed by atoms with E-state index in [1.165, 1.54) is 35.2 Å². The molecule has 2 amide bonds. The van der Waals surface area contributed by atoms with Crippen LogP contribution < -0.4 is 5.73 Å². The average Bonchev–Trinajstić information content (AvgIpc) is 3.79. The van der Waals surface area contributed by atoms with Crippen molar-refractivity contribution in [2.75, 3.05) is 26.1 Å². The van der Waals surface area contributed by atoms with Crippen LogP contribution in [-0.4, -0.2) is 56.3 Å². The summed E-state index contributed by atoms with van der Waals surface area (Å²) in [7, 11) is -3.83. The third-order valence-corrected chi connectivity index (χ3v) is 11.5. The SMILES string of the molecule is C[C@@](O)(c1cc(F)c2c(c1)C(=O)N(Cc1ccc(Cl)cc1S(C)(=O)=O)[C@@]2(OCC1(C(N)=O)CC1)c1ccc(Cl)cc1)C1CCOCC1. The number of ether oxygens (including phenoxy) is 2. The van der Waals surface area contributed by atoms with Crippen molar-refractivity contribution in [3.05, 3.63) is 98.3 Å². The molecule has 2 fully saturated rings. The first kappa shape index (κ1) is 33.8. The minimum absolute atomic E-state index is 0.0684. The van der Waals surface area contributed by atoms with Crippen LogP contribution in [0.3, 0.4) is 0 Å². The van der Waals surface area contributed by atoms with Gasteiger partial charge in [-0.3, -0.25) is 14.5 Å². The lowest BCUT2D eigenvalue weighted by atomic mass is 9.77. The average molecular weight is 706 g/mol. The van der Waals surface area contributed by atoms with Gasteiger partial charge in [-0.25, -0.2) is 12.8 Å². The van der Waals surface area contributed by atoms with Gasteiger partial charge >= 0.3 is 0 Å². The molecule has 0 aromatic heterocycles. The summed E-state index contributed by atoms with van der Waals surface area (Å²) in [6.07, 6.45) is 3.02. The second-order valence-electron chi connectivity index (χ2n) is 12.9. The molecule has 13 heteroatoms. The minimum Gasteiger partial charge on any atom is -0.385 e. The van der Waals surface area contributed by atoms with E-state index in [0.29, 0.717) is 49.5 Å². The lowest BCUT2D eigenvalue weighted by molar-refractivity contribution is -0.142. The van der Waals surface area contributed by atoms with Crippen LogP contribution in [0.1, 0.15) is 65.2 Å². The molecule has 0 spiro atoms. The summed E-state index contributed by atoms with van der Waals surface area (Å²) in [4.78, 5) is 28.3. The van der Waals surface area contributed by atoms with Crippen molar-refractivity contribution in [1.82, 2.24) is 4.90 Å². The van der Waals surface area contributed by atoms with E-state index in [4.69, 9.17) is 38.4 Å². The van der Waals surface area contributed by atoms with Gasteiger partial charge in [0.05, 0.1) is 40.2 Å². The van der Waals surface area contributed by atoms with Gasteiger partial charge in [0.1, 0.15) is 5.82 Å². The number of carbonyl (C=O) groups excluding carboxylic acids is 2. The van der Waals surface area contributed by atoms with Gasteiger partial charge in [-0.15, -0.1) is 0 Å². The highest BCUT2D eigenvalue weighted by atomic mass is 35.5. The number of amides is 2. The number of rotatable bonds is 10. The van der Waals surface area contributed by atoms with Crippen LogP contribution >= 0.6 is 23.2 Å². The molecule has 0 bridgehead atoms. The van der Waals surface area contributed by atoms with E-state index in [1.54, 1.807) is 31.2 Å². The second-order valence-corrected chi connectivity index (χ2v) is 15.8. The highest BCUT2D eigenvalue weighted by Gasteiger charge is 2.58. The van der Waals surface area contributed by atoms with E-state index < -0.39 is 44.2 Å². The predicted molar refractivity (Wildman–Crippen MR) is 173 cm³/mol. The summed E-state index contributed by atoms with van der Waals surface area (Å²) in [5.41, 5.74) is 1.78. The summed E-state index contributed by atoms with van der Waals surface area (Å²) in [6.45, 7) is 1.90. The fraction of sp³-hybridized carbons (Fsp3) is 0.412. The maximum atomic E-state index is 16.9. The van der Waals surface area contributed by atoms with E-state index in [-0.39, 0.29) is 51.2 Å². The number of primary amides is 1. The molecule has 3 aliphatic rings. The molecule has 250 valence electrons. The topological polar surface area (TPSA) is 136 Å². The van der Waals surface area contributed by atoms with Gasteiger partial charge in [0.2, 0.25) is 5.91 Å². The Morgan fingerprint density at radius 2 is 1.74 bits per heavy atom. The molecule has 47 heavy (non-hydrogen) atoms. The van der Waals surface area contributed by atoms with Crippen molar-refractivity contribution in [1.29, 1.82) is 0 Å². The molecule has 0 radical (unpaired) electrons. The summed E-state index contributed by atoms with van der Waals surface area (Å²) in [6, 6.07) is 13.3. The molecule has 3 aromatic carbocycles. The maximum absolute atomic E-state index is 16.9. The van der Waals surface area contributed by atoms with Crippen molar-refractivity contribution in [3.63, 3.8) is 0 Å². The first-order valence-electron chi connectivity index (χ1n) is 15.3. The van der Waals surface area contributed by atoms with Crippen LogP contribution in [0.2, 0.25) is 10.0 Å². The zero-order valence-corrected chi connectivity index (χ0v) is 28.2. The number of sulfone groups is 1. The summed E-state index contributed by atoms with van der Waals surface area (Å²) >= 11 is 12.4. The minimum atomic E-state index is -3.83.